The zero-order chi connectivity index (χ0) is 26.2. The molecule has 1 aliphatic heterocycles. The molecule has 1 fully saturated rings. The van der Waals surface area contributed by atoms with Gasteiger partial charge < -0.3 is 10.2 Å². The van der Waals surface area contributed by atoms with E-state index in [1.165, 1.54) is 4.31 Å². The molecule has 3 atom stereocenters. The SMILES string of the molecule is Cc1ccc(C(O)CCC2C(c3ccc(-c4cccc(C)c4)cc3O)N(c3ccccc3)S2(=O)=O)cc1. The third-order valence-electron chi connectivity index (χ3n) is 7.16. The molecule has 0 bridgehead atoms. The van der Waals surface area contributed by atoms with Gasteiger partial charge in [-0.2, -0.15) is 0 Å². The summed E-state index contributed by atoms with van der Waals surface area (Å²) in [4.78, 5) is 0. The molecular weight excluding hydrogens is 482 g/mol. The molecule has 0 saturated carbocycles. The zero-order valence-corrected chi connectivity index (χ0v) is 21.8. The molecule has 0 amide bonds. The molecular formula is C31H31NO4S. The summed E-state index contributed by atoms with van der Waals surface area (Å²) in [6.45, 7) is 4.00. The van der Waals surface area contributed by atoms with E-state index in [1.807, 2.05) is 80.6 Å². The number of sulfonamides is 1. The molecule has 2 N–H and O–H groups in total. The van der Waals surface area contributed by atoms with Crippen LogP contribution in [0.4, 0.5) is 5.69 Å². The molecule has 5 rings (SSSR count). The Hall–Kier alpha value is -3.61. The number of phenols is 1. The fourth-order valence-corrected chi connectivity index (χ4v) is 7.27. The van der Waals surface area contributed by atoms with E-state index in [1.54, 1.807) is 30.3 Å². The van der Waals surface area contributed by atoms with Gasteiger partial charge in [-0.15, -0.1) is 0 Å². The van der Waals surface area contributed by atoms with Gasteiger partial charge in [0.25, 0.3) is 0 Å². The van der Waals surface area contributed by atoms with Crippen molar-refractivity contribution in [1.82, 2.24) is 0 Å². The predicted octanol–water partition coefficient (Wildman–Crippen LogP) is 6.45. The summed E-state index contributed by atoms with van der Waals surface area (Å²) in [7, 11) is -3.67. The van der Waals surface area contributed by atoms with Crippen LogP contribution in [0.2, 0.25) is 0 Å². The number of anilines is 1. The Bertz CT molecular complexity index is 1500. The molecule has 4 aromatic rings. The molecule has 1 aliphatic rings. The topological polar surface area (TPSA) is 77.8 Å². The van der Waals surface area contributed by atoms with Crippen LogP contribution in [0.3, 0.4) is 0 Å². The molecule has 1 heterocycles. The van der Waals surface area contributed by atoms with Gasteiger partial charge in [0.1, 0.15) is 11.0 Å². The first-order chi connectivity index (χ1) is 17.8. The number of para-hydroxylation sites is 1. The number of aliphatic hydroxyl groups is 1. The number of aliphatic hydroxyl groups excluding tert-OH is 1. The van der Waals surface area contributed by atoms with E-state index in [0.717, 1.165) is 27.8 Å². The number of hydrogen-bond acceptors (Lipinski definition) is 4. The zero-order valence-electron chi connectivity index (χ0n) is 21.0. The largest absolute Gasteiger partial charge is 0.508 e. The number of rotatable bonds is 7. The quantitative estimate of drug-likeness (QED) is 0.298. The molecule has 0 spiro atoms. The van der Waals surface area contributed by atoms with Crippen LogP contribution in [0.1, 0.15) is 47.2 Å². The van der Waals surface area contributed by atoms with Crippen molar-refractivity contribution in [2.45, 2.75) is 44.1 Å². The molecule has 4 aromatic carbocycles. The van der Waals surface area contributed by atoms with Crippen molar-refractivity contribution in [1.29, 1.82) is 0 Å². The number of nitrogens with zero attached hydrogens (tertiary/aromatic N) is 1. The van der Waals surface area contributed by atoms with Gasteiger partial charge in [0.15, 0.2) is 0 Å². The van der Waals surface area contributed by atoms with Gasteiger partial charge in [0, 0.05) is 5.56 Å². The van der Waals surface area contributed by atoms with Gasteiger partial charge in [0.2, 0.25) is 10.0 Å². The molecule has 0 aliphatic carbocycles. The highest BCUT2D eigenvalue weighted by Gasteiger charge is 2.54. The highest BCUT2D eigenvalue weighted by Crippen LogP contribution is 2.50. The van der Waals surface area contributed by atoms with Crippen LogP contribution >= 0.6 is 0 Å². The van der Waals surface area contributed by atoms with Crippen LogP contribution in [-0.4, -0.2) is 23.9 Å². The van der Waals surface area contributed by atoms with Crippen LogP contribution in [0.25, 0.3) is 11.1 Å². The van der Waals surface area contributed by atoms with Gasteiger partial charge in [-0.1, -0.05) is 90.0 Å². The Balaban J connectivity index is 1.47. The molecule has 0 aromatic heterocycles. The summed E-state index contributed by atoms with van der Waals surface area (Å²) in [6, 6.07) is 29.5. The Morgan fingerprint density at radius 3 is 2.19 bits per heavy atom. The molecule has 0 radical (unpaired) electrons. The third-order valence-corrected chi connectivity index (χ3v) is 9.40. The van der Waals surface area contributed by atoms with Gasteiger partial charge in [-0.25, -0.2) is 8.42 Å². The van der Waals surface area contributed by atoms with Crippen LogP contribution in [0.5, 0.6) is 5.75 Å². The first kappa shape index (κ1) is 25.1. The van der Waals surface area contributed by atoms with Crippen LogP contribution < -0.4 is 4.31 Å². The number of phenolic OH excluding ortho intramolecular Hbond substituents is 1. The second-order valence-corrected chi connectivity index (χ2v) is 11.8. The second-order valence-electron chi connectivity index (χ2n) is 9.81. The van der Waals surface area contributed by atoms with E-state index in [-0.39, 0.29) is 12.2 Å². The van der Waals surface area contributed by atoms with Crippen LogP contribution in [0.15, 0.2) is 97.1 Å². The first-order valence-corrected chi connectivity index (χ1v) is 14.0. The highest BCUT2D eigenvalue weighted by atomic mass is 32.2. The maximum Gasteiger partial charge on any atom is 0.241 e. The molecule has 37 heavy (non-hydrogen) atoms. The van der Waals surface area contributed by atoms with E-state index in [9.17, 15) is 18.6 Å². The summed E-state index contributed by atoms with van der Waals surface area (Å²) in [6.07, 6.45) is -0.196. The van der Waals surface area contributed by atoms with Gasteiger partial charge in [-0.3, -0.25) is 4.31 Å². The number of aryl methyl sites for hydroxylation is 2. The standard InChI is InChI=1S/C31H31NO4S/c1-21-11-13-23(14-12-21)28(33)17-18-30-31(32(37(30,35)36)26-9-4-3-5-10-26)27-16-15-25(20-29(27)34)24-8-6-7-22(2)19-24/h3-16,19-20,28,30-31,33-34H,17-18H2,1-2H3. The number of aromatic hydroxyl groups is 1. The lowest BCUT2D eigenvalue weighted by Crippen LogP contribution is -2.58. The fourth-order valence-electron chi connectivity index (χ4n) is 5.15. The van der Waals surface area contributed by atoms with Crippen LogP contribution in [-0.2, 0) is 10.0 Å². The first-order valence-electron chi connectivity index (χ1n) is 12.5. The smallest absolute Gasteiger partial charge is 0.241 e. The van der Waals surface area contributed by atoms with E-state index >= 15 is 0 Å². The molecule has 1 saturated heterocycles. The van der Waals surface area contributed by atoms with Crippen molar-refractivity contribution in [3.63, 3.8) is 0 Å². The average Bonchev–Trinajstić information content (AvgIpc) is 2.88. The number of hydrogen-bond donors (Lipinski definition) is 2. The Labute approximate surface area is 218 Å². The third kappa shape index (κ3) is 4.87. The van der Waals surface area contributed by atoms with Crippen molar-refractivity contribution >= 4 is 15.7 Å². The van der Waals surface area contributed by atoms with E-state index in [0.29, 0.717) is 17.7 Å². The lowest BCUT2D eigenvalue weighted by Gasteiger charge is -2.48. The summed E-state index contributed by atoms with van der Waals surface area (Å²) in [5.41, 5.74) is 5.96. The van der Waals surface area contributed by atoms with E-state index < -0.39 is 27.4 Å². The summed E-state index contributed by atoms with van der Waals surface area (Å²) in [5.74, 6) is 0.0592. The van der Waals surface area contributed by atoms with Crippen LogP contribution in [0, 0.1) is 13.8 Å². The maximum atomic E-state index is 13.5. The average molecular weight is 514 g/mol. The summed E-state index contributed by atoms with van der Waals surface area (Å²) < 4.78 is 28.5. The monoisotopic (exact) mass is 513 g/mol. The van der Waals surface area contributed by atoms with Crippen molar-refractivity contribution in [2.75, 3.05) is 4.31 Å². The minimum atomic E-state index is -3.67. The highest BCUT2D eigenvalue weighted by molar-refractivity contribution is 7.95. The van der Waals surface area contributed by atoms with Gasteiger partial charge in [0.05, 0.1) is 17.8 Å². The van der Waals surface area contributed by atoms with E-state index in [2.05, 4.69) is 0 Å². The summed E-state index contributed by atoms with van der Waals surface area (Å²) >= 11 is 0. The fraction of sp³-hybridized carbons (Fsp3) is 0.226. The van der Waals surface area contributed by atoms with Crippen molar-refractivity contribution in [2.24, 2.45) is 0 Å². The Morgan fingerprint density at radius 2 is 1.51 bits per heavy atom. The summed E-state index contributed by atoms with van der Waals surface area (Å²) in [5, 5.41) is 21.1. The molecule has 190 valence electrons. The van der Waals surface area contributed by atoms with Crippen molar-refractivity contribution < 1.29 is 18.6 Å². The predicted molar refractivity (Wildman–Crippen MR) is 148 cm³/mol. The Kier molecular flexibility index (Phi) is 6.80. The Morgan fingerprint density at radius 1 is 0.811 bits per heavy atom. The maximum absolute atomic E-state index is 13.5. The van der Waals surface area contributed by atoms with Gasteiger partial charge in [-0.05, 0) is 61.6 Å². The van der Waals surface area contributed by atoms with Crippen molar-refractivity contribution in [3.8, 4) is 16.9 Å². The molecule has 5 nitrogen and oxygen atoms in total. The minimum absolute atomic E-state index is 0.0592. The normalized spacial score (nSPS) is 19.3. The second kappa shape index (κ2) is 10.0. The molecule has 6 heteroatoms. The molecule has 3 unspecified atom stereocenters. The van der Waals surface area contributed by atoms with Crippen molar-refractivity contribution in [3.05, 3.63) is 119 Å². The van der Waals surface area contributed by atoms with E-state index in [4.69, 9.17) is 0 Å². The minimum Gasteiger partial charge on any atom is -0.508 e. The lowest BCUT2D eigenvalue weighted by molar-refractivity contribution is 0.162. The lowest BCUT2D eigenvalue weighted by atomic mass is 9.93. The number of benzene rings is 4. The van der Waals surface area contributed by atoms with Gasteiger partial charge >= 0.3 is 0 Å².